The summed E-state index contributed by atoms with van der Waals surface area (Å²) in [6.45, 7) is 1.97. The summed E-state index contributed by atoms with van der Waals surface area (Å²) < 4.78 is 0. The molecule has 3 nitrogen and oxygen atoms in total. The molecule has 4 rings (SSSR count). The Morgan fingerprint density at radius 2 is 2.04 bits per heavy atom. The SMILES string of the molecule is C#CC[C@]12CCC(=O)C=C1CC[C@@H]1[C@@H]2CC[C@]2(C)[C@@H](C(=O)CO)CC[C@@H]12. The van der Waals surface area contributed by atoms with Crippen molar-refractivity contribution >= 4 is 11.6 Å². The summed E-state index contributed by atoms with van der Waals surface area (Å²) in [4.78, 5) is 24.4. The van der Waals surface area contributed by atoms with Crippen molar-refractivity contribution < 1.29 is 14.7 Å². The number of fused-ring (bicyclic) bond motifs is 5. The van der Waals surface area contributed by atoms with Crippen molar-refractivity contribution in [1.29, 1.82) is 0 Å². The fraction of sp³-hybridized carbons (Fsp3) is 0.739. The van der Waals surface area contributed by atoms with Crippen LogP contribution in [0, 0.1) is 46.8 Å². The van der Waals surface area contributed by atoms with Crippen LogP contribution in [0.25, 0.3) is 0 Å². The van der Waals surface area contributed by atoms with Gasteiger partial charge >= 0.3 is 0 Å². The van der Waals surface area contributed by atoms with Gasteiger partial charge in [0.15, 0.2) is 11.6 Å². The fourth-order valence-electron chi connectivity index (χ4n) is 7.51. The smallest absolute Gasteiger partial charge is 0.161 e. The molecule has 4 aliphatic carbocycles. The summed E-state index contributed by atoms with van der Waals surface area (Å²) in [6.07, 6.45) is 16.3. The maximum absolute atomic E-state index is 12.3. The number of hydrogen-bond acceptors (Lipinski definition) is 3. The molecule has 0 spiro atoms. The van der Waals surface area contributed by atoms with E-state index in [0.717, 1.165) is 51.4 Å². The third-order valence-electron chi connectivity index (χ3n) is 8.65. The van der Waals surface area contributed by atoms with Crippen LogP contribution in [0.2, 0.25) is 0 Å². The van der Waals surface area contributed by atoms with Crippen molar-refractivity contribution in [1.82, 2.24) is 0 Å². The third kappa shape index (κ3) is 2.38. The lowest BCUT2D eigenvalue weighted by Crippen LogP contribution is -2.52. The zero-order chi connectivity index (χ0) is 18.5. The largest absolute Gasteiger partial charge is 0.389 e. The first-order chi connectivity index (χ1) is 12.5. The molecule has 0 aromatic rings. The zero-order valence-electron chi connectivity index (χ0n) is 15.8. The Balaban J connectivity index is 1.69. The van der Waals surface area contributed by atoms with Crippen molar-refractivity contribution in [3.8, 4) is 12.3 Å². The third-order valence-corrected chi connectivity index (χ3v) is 8.65. The molecule has 0 bridgehead atoms. The van der Waals surface area contributed by atoms with E-state index in [0.29, 0.717) is 24.2 Å². The summed E-state index contributed by atoms with van der Waals surface area (Å²) in [7, 11) is 0. The highest BCUT2D eigenvalue weighted by Gasteiger charge is 2.60. The van der Waals surface area contributed by atoms with Gasteiger partial charge in [0, 0.05) is 24.2 Å². The van der Waals surface area contributed by atoms with Crippen LogP contribution in [0.4, 0.5) is 0 Å². The molecule has 3 heteroatoms. The molecule has 3 saturated carbocycles. The number of allylic oxidation sites excluding steroid dienone is 1. The average molecular weight is 354 g/mol. The Morgan fingerprint density at radius 3 is 2.77 bits per heavy atom. The number of Topliss-reactive ketones (excluding diaryl/α,β-unsaturated/α-hetero) is 1. The number of hydrogen-bond donors (Lipinski definition) is 1. The van der Waals surface area contributed by atoms with E-state index < -0.39 is 0 Å². The van der Waals surface area contributed by atoms with Crippen LogP contribution in [0.3, 0.4) is 0 Å². The molecular formula is C23H30O3. The summed E-state index contributed by atoms with van der Waals surface area (Å²) in [5, 5.41) is 9.41. The molecule has 1 N–H and O–H groups in total. The molecule has 0 amide bonds. The lowest BCUT2D eigenvalue weighted by atomic mass is 9.45. The maximum Gasteiger partial charge on any atom is 0.161 e. The summed E-state index contributed by atoms with van der Waals surface area (Å²) in [6, 6.07) is 0. The number of ketones is 2. The molecule has 0 aromatic heterocycles. The number of terminal acetylenes is 1. The van der Waals surface area contributed by atoms with Crippen molar-refractivity contribution in [2.45, 2.75) is 64.7 Å². The van der Waals surface area contributed by atoms with E-state index in [1.807, 2.05) is 6.08 Å². The first kappa shape index (κ1) is 18.0. The lowest BCUT2D eigenvalue weighted by Gasteiger charge is -2.58. The molecule has 0 aromatic carbocycles. The molecule has 0 aliphatic heterocycles. The topological polar surface area (TPSA) is 54.4 Å². The summed E-state index contributed by atoms with van der Waals surface area (Å²) >= 11 is 0. The average Bonchev–Trinajstić information content (AvgIpc) is 2.99. The number of aliphatic hydroxyl groups is 1. The number of carbonyl (C=O) groups excluding carboxylic acids is 2. The van der Waals surface area contributed by atoms with Crippen LogP contribution >= 0.6 is 0 Å². The van der Waals surface area contributed by atoms with E-state index in [1.54, 1.807) is 0 Å². The number of rotatable bonds is 3. The molecule has 0 heterocycles. The first-order valence-electron chi connectivity index (χ1n) is 10.3. The van der Waals surface area contributed by atoms with Gasteiger partial charge in [-0.3, -0.25) is 9.59 Å². The van der Waals surface area contributed by atoms with E-state index >= 15 is 0 Å². The highest BCUT2D eigenvalue weighted by molar-refractivity contribution is 5.91. The van der Waals surface area contributed by atoms with Gasteiger partial charge in [0.25, 0.3) is 0 Å². The van der Waals surface area contributed by atoms with Gasteiger partial charge in [-0.15, -0.1) is 12.3 Å². The second-order valence-corrected chi connectivity index (χ2v) is 9.39. The van der Waals surface area contributed by atoms with Crippen LogP contribution < -0.4 is 0 Å². The normalized spacial score (nSPS) is 44.3. The second-order valence-electron chi connectivity index (χ2n) is 9.39. The molecule has 0 radical (unpaired) electrons. The van der Waals surface area contributed by atoms with Crippen LogP contribution in [-0.2, 0) is 9.59 Å². The standard InChI is InChI=1S/C23H30O3/c1-3-10-23-12-8-16(25)13-15(23)4-5-17-18-6-7-20(21(26)14-24)22(18,2)11-9-19(17)23/h1,13,17-20,24H,4-12,14H2,2H3/t17-,18-,19-,20+,22-,23-/m0/s1. The minimum Gasteiger partial charge on any atom is -0.389 e. The quantitative estimate of drug-likeness (QED) is 0.786. The van der Waals surface area contributed by atoms with E-state index in [9.17, 15) is 14.7 Å². The highest BCUT2D eigenvalue weighted by atomic mass is 16.3. The summed E-state index contributed by atoms with van der Waals surface area (Å²) in [5.74, 6) is 4.96. The minimum atomic E-state index is -0.322. The van der Waals surface area contributed by atoms with Crippen molar-refractivity contribution in [3.05, 3.63) is 11.6 Å². The Kier molecular flexibility index (Phi) is 4.39. The Bertz CT molecular complexity index is 699. The van der Waals surface area contributed by atoms with Gasteiger partial charge in [-0.05, 0) is 74.2 Å². The predicted molar refractivity (Wildman–Crippen MR) is 100 cm³/mol. The molecule has 0 saturated heterocycles. The highest BCUT2D eigenvalue weighted by Crippen LogP contribution is 2.67. The van der Waals surface area contributed by atoms with Crippen LogP contribution in [0.15, 0.2) is 11.6 Å². The Hall–Kier alpha value is -1.40. The lowest BCUT2D eigenvalue weighted by molar-refractivity contribution is -0.133. The number of aliphatic hydroxyl groups excluding tert-OH is 1. The van der Waals surface area contributed by atoms with E-state index in [1.165, 1.54) is 5.57 Å². The van der Waals surface area contributed by atoms with Crippen LogP contribution in [0.5, 0.6) is 0 Å². The monoisotopic (exact) mass is 354 g/mol. The molecule has 26 heavy (non-hydrogen) atoms. The van der Waals surface area contributed by atoms with Gasteiger partial charge in [-0.1, -0.05) is 12.5 Å². The molecule has 3 fully saturated rings. The molecule has 0 unspecified atom stereocenters. The fourth-order valence-corrected chi connectivity index (χ4v) is 7.51. The molecular weight excluding hydrogens is 324 g/mol. The Labute approximate surface area is 156 Å². The molecule has 140 valence electrons. The van der Waals surface area contributed by atoms with Crippen LogP contribution in [0.1, 0.15) is 64.7 Å². The minimum absolute atomic E-state index is 0.0198. The van der Waals surface area contributed by atoms with Gasteiger partial charge in [-0.25, -0.2) is 0 Å². The van der Waals surface area contributed by atoms with Gasteiger partial charge in [0.1, 0.15) is 6.61 Å². The van der Waals surface area contributed by atoms with Crippen molar-refractivity contribution in [2.75, 3.05) is 6.61 Å². The van der Waals surface area contributed by atoms with Gasteiger partial charge in [0.05, 0.1) is 0 Å². The van der Waals surface area contributed by atoms with Crippen molar-refractivity contribution in [2.24, 2.45) is 34.5 Å². The first-order valence-corrected chi connectivity index (χ1v) is 10.3. The van der Waals surface area contributed by atoms with Crippen molar-refractivity contribution in [3.63, 3.8) is 0 Å². The van der Waals surface area contributed by atoms with E-state index in [-0.39, 0.29) is 34.9 Å². The zero-order valence-corrected chi connectivity index (χ0v) is 15.8. The number of carbonyl (C=O) groups is 2. The van der Waals surface area contributed by atoms with Crippen LogP contribution in [-0.4, -0.2) is 23.3 Å². The van der Waals surface area contributed by atoms with Gasteiger partial charge in [-0.2, -0.15) is 0 Å². The second kappa shape index (κ2) is 6.34. The van der Waals surface area contributed by atoms with Gasteiger partial charge in [0.2, 0.25) is 0 Å². The van der Waals surface area contributed by atoms with E-state index in [4.69, 9.17) is 6.42 Å². The molecule has 6 atom stereocenters. The molecule has 4 aliphatic rings. The predicted octanol–water partition coefficient (Wildman–Crippen LogP) is 3.70. The Morgan fingerprint density at radius 1 is 1.23 bits per heavy atom. The van der Waals surface area contributed by atoms with E-state index in [2.05, 4.69) is 12.8 Å². The van der Waals surface area contributed by atoms with Gasteiger partial charge < -0.3 is 5.11 Å². The maximum atomic E-state index is 12.3. The summed E-state index contributed by atoms with van der Waals surface area (Å²) in [5.41, 5.74) is 1.37.